The molecule has 0 spiro atoms. The van der Waals surface area contributed by atoms with E-state index in [1.54, 1.807) is 6.92 Å². The summed E-state index contributed by atoms with van der Waals surface area (Å²) in [6.45, 7) is 1.68. The van der Waals surface area contributed by atoms with Gasteiger partial charge in [-0.25, -0.2) is 0 Å². The van der Waals surface area contributed by atoms with Crippen molar-refractivity contribution in [2.45, 2.75) is 32.3 Å². The molecule has 2 rings (SSSR count). The number of ketones is 1. The van der Waals surface area contributed by atoms with E-state index < -0.39 is 0 Å². The van der Waals surface area contributed by atoms with Crippen LogP contribution in [0.2, 0.25) is 0 Å². The highest BCUT2D eigenvalue weighted by Crippen LogP contribution is 2.48. The van der Waals surface area contributed by atoms with Gasteiger partial charge < -0.3 is 5.11 Å². The Balaban J connectivity index is 2.08. The van der Waals surface area contributed by atoms with E-state index in [4.69, 9.17) is 0 Å². The number of aliphatic hydroxyl groups excluding tert-OH is 1. The summed E-state index contributed by atoms with van der Waals surface area (Å²) in [6.07, 6.45) is 2.80. The molecular weight excluding hydrogens is 140 g/mol. The number of hydrogen-bond donors (Lipinski definition) is 1. The van der Waals surface area contributed by atoms with Crippen molar-refractivity contribution in [2.75, 3.05) is 0 Å². The Hall–Kier alpha value is -0.370. The van der Waals surface area contributed by atoms with Crippen LogP contribution in [0.25, 0.3) is 0 Å². The molecule has 2 saturated carbocycles. The van der Waals surface area contributed by atoms with E-state index in [9.17, 15) is 9.90 Å². The van der Waals surface area contributed by atoms with Crippen molar-refractivity contribution in [1.29, 1.82) is 0 Å². The highest BCUT2D eigenvalue weighted by Gasteiger charge is 2.46. The predicted molar refractivity (Wildman–Crippen MR) is 41.0 cm³/mol. The van der Waals surface area contributed by atoms with E-state index in [2.05, 4.69) is 0 Å². The van der Waals surface area contributed by atoms with Crippen molar-refractivity contribution in [3.05, 3.63) is 0 Å². The first-order valence-electron chi connectivity index (χ1n) is 4.37. The van der Waals surface area contributed by atoms with E-state index in [1.165, 1.54) is 0 Å². The molecular formula is C9H14O2. The summed E-state index contributed by atoms with van der Waals surface area (Å²) in [6, 6.07) is 0. The molecule has 0 aromatic rings. The minimum atomic E-state index is -0.101. The van der Waals surface area contributed by atoms with E-state index in [0.717, 1.165) is 19.3 Å². The minimum Gasteiger partial charge on any atom is -0.393 e. The zero-order chi connectivity index (χ0) is 8.01. The standard InChI is InChI=1S/C9H14O2/c1-5(10)8-3-7-2-6(8)4-9(7)11/h6-9,11H,2-4H2,1H3. The van der Waals surface area contributed by atoms with Gasteiger partial charge in [0.1, 0.15) is 5.78 Å². The summed E-state index contributed by atoms with van der Waals surface area (Å²) in [5.74, 6) is 1.55. The van der Waals surface area contributed by atoms with Crippen molar-refractivity contribution in [3.8, 4) is 0 Å². The molecule has 4 unspecified atom stereocenters. The first-order valence-corrected chi connectivity index (χ1v) is 4.37. The second-order valence-electron chi connectivity index (χ2n) is 4.01. The molecule has 2 bridgehead atoms. The Morgan fingerprint density at radius 2 is 2.00 bits per heavy atom. The molecule has 1 N–H and O–H groups in total. The van der Waals surface area contributed by atoms with Gasteiger partial charge >= 0.3 is 0 Å². The summed E-state index contributed by atoms with van der Waals surface area (Å²) in [5.41, 5.74) is 0. The van der Waals surface area contributed by atoms with Crippen LogP contribution in [0.5, 0.6) is 0 Å². The second kappa shape index (κ2) is 2.31. The average molecular weight is 154 g/mol. The molecule has 2 fully saturated rings. The SMILES string of the molecule is CC(=O)C1CC2CC1CC2O. The Morgan fingerprint density at radius 1 is 1.27 bits per heavy atom. The molecule has 0 saturated heterocycles. The summed E-state index contributed by atoms with van der Waals surface area (Å²) in [4.78, 5) is 11.1. The second-order valence-corrected chi connectivity index (χ2v) is 4.01. The maximum absolute atomic E-state index is 11.1. The number of Topliss-reactive ketones (excluding diaryl/α,β-unsaturated/α-hetero) is 1. The molecule has 0 aliphatic heterocycles. The molecule has 0 amide bonds. The lowest BCUT2D eigenvalue weighted by Crippen LogP contribution is -2.25. The first kappa shape index (κ1) is 7.29. The van der Waals surface area contributed by atoms with Crippen LogP contribution in [0.4, 0.5) is 0 Å². The van der Waals surface area contributed by atoms with Crippen LogP contribution in [0.3, 0.4) is 0 Å². The maximum atomic E-state index is 11.1. The molecule has 0 aromatic carbocycles. The monoisotopic (exact) mass is 154 g/mol. The Morgan fingerprint density at radius 3 is 2.36 bits per heavy atom. The number of carbonyl (C=O) groups excluding carboxylic acids is 1. The summed E-state index contributed by atoms with van der Waals surface area (Å²) >= 11 is 0. The van der Waals surface area contributed by atoms with Crippen molar-refractivity contribution < 1.29 is 9.90 Å². The lowest BCUT2D eigenvalue weighted by Gasteiger charge is -2.22. The highest BCUT2D eigenvalue weighted by atomic mass is 16.3. The van der Waals surface area contributed by atoms with Crippen LogP contribution in [0.1, 0.15) is 26.2 Å². The molecule has 0 radical (unpaired) electrons. The Labute approximate surface area is 66.6 Å². The lowest BCUT2D eigenvalue weighted by molar-refractivity contribution is -0.122. The molecule has 2 aliphatic carbocycles. The van der Waals surface area contributed by atoms with Crippen LogP contribution in [-0.2, 0) is 4.79 Å². The quantitative estimate of drug-likeness (QED) is 0.611. The molecule has 0 aromatic heterocycles. The van der Waals surface area contributed by atoms with Gasteiger partial charge in [0, 0.05) is 5.92 Å². The van der Waals surface area contributed by atoms with E-state index in [-0.39, 0.29) is 12.0 Å². The molecule has 2 nitrogen and oxygen atoms in total. The van der Waals surface area contributed by atoms with Crippen LogP contribution in [-0.4, -0.2) is 17.0 Å². The topological polar surface area (TPSA) is 37.3 Å². The fraction of sp³-hybridized carbons (Fsp3) is 0.889. The molecule has 11 heavy (non-hydrogen) atoms. The maximum Gasteiger partial charge on any atom is 0.133 e. The average Bonchev–Trinajstić information content (AvgIpc) is 2.43. The minimum absolute atomic E-state index is 0.101. The van der Waals surface area contributed by atoms with Crippen LogP contribution < -0.4 is 0 Å². The van der Waals surface area contributed by atoms with Crippen LogP contribution in [0, 0.1) is 17.8 Å². The Bertz CT molecular complexity index is 186. The Kier molecular flexibility index (Phi) is 1.53. The van der Waals surface area contributed by atoms with Gasteiger partial charge in [-0.2, -0.15) is 0 Å². The molecule has 0 heterocycles. The van der Waals surface area contributed by atoms with Gasteiger partial charge in [-0.3, -0.25) is 4.79 Å². The number of hydrogen-bond acceptors (Lipinski definition) is 2. The number of fused-ring (bicyclic) bond motifs is 2. The molecule has 2 heteroatoms. The lowest BCUT2D eigenvalue weighted by atomic mass is 9.85. The fourth-order valence-electron chi connectivity index (χ4n) is 2.74. The van der Waals surface area contributed by atoms with Crippen molar-refractivity contribution in [1.82, 2.24) is 0 Å². The van der Waals surface area contributed by atoms with E-state index in [1.807, 2.05) is 0 Å². The number of rotatable bonds is 1. The zero-order valence-corrected chi connectivity index (χ0v) is 6.79. The smallest absolute Gasteiger partial charge is 0.133 e. The summed E-state index contributed by atoms with van der Waals surface area (Å²) in [7, 11) is 0. The first-order chi connectivity index (χ1) is 5.18. The predicted octanol–water partition coefficient (Wildman–Crippen LogP) is 0.982. The van der Waals surface area contributed by atoms with Crippen molar-refractivity contribution in [2.24, 2.45) is 17.8 Å². The van der Waals surface area contributed by atoms with Gasteiger partial charge in [0.25, 0.3) is 0 Å². The molecule has 62 valence electrons. The van der Waals surface area contributed by atoms with Gasteiger partial charge in [-0.1, -0.05) is 0 Å². The van der Waals surface area contributed by atoms with Gasteiger partial charge in [0.2, 0.25) is 0 Å². The fourth-order valence-corrected chi connectivity index (χ4v) is 2.74. The summed E-state index contributed by atoms with van der Waals surface area (Å²) in [5, 5.41) is 9.41. The van der Waals surface area contributed by atoms with Crippen LogP contribution >= 0.6 is 0 Å². The molecule has 2 aliphatic rings. The van der Waals surface area contributed by atoms with Crippen molar-refractivity contribution in [3.63, 3.8) is 0 Å². The third-order valence-corrected chi connectivity index (χ3v) is 3.34. The van der Waals surface area contributed by atoms with Gasteiger partial charge in [-0.05, 0) is 38.0 Å². The van der Waals surface area contributed by atoms with Crippen LogP contribution in [0.15, 0.2) is 0 Å². The normalized spacial score (nSPS) is 48.2. The zero-order valence-electron chi connectivity index (χ0n) is 6.79. The molecule has 4 atom stereocenters. The van der Waals surface area contributed by atoms with E-state index in [0.29, 0.717) is 17.6 Å². The van der Waals surface area contributed by atoms with Gasteiger partial charge in [0.15, 0.2) is 0 Å². The highest BCUT2D eigenvalue weighted by molar-refractivity contribution is 5.79. The number of aliphatic hydroxyl groups is 1. The number of carbonyl (C=O) groups is 1. The largest absolute Gasteiger partial charge is 0.393 e. The van der Waals surface area contributed by atoms with E-state index >= 15 is 0 Å². The third-order valence-electron chi connectivity index (χ3n) is 3.34. The van der Waals surface area contributed by atoms with Gasteiger partial charge in [-0.15, -0.1) is 0 Å². The summed E-state index contributed by atoms with van der Waals surface area (Å²) < 4.78 is 0. The van der Waals surface area contributed by atoms with Crippen molar-refractivity contribution >= 4 is 5.78 Å². The third kappa shape index (κ3) is 1.00. The van der Waals surface area contributed by atoms with Gasteiger partial charge in [0.05, 0.1) is 6.10 Å².